The minimum atomic E-state index is -0.345. The summed E-state index contributed by atoms with van der Waals surface area (Å²) in [5, 5.41) is 13.0. The molecule has 0 unspecified atom stereocenters. The van der Waals surface area contributed by atoms with Gasteiger partial charge in [-0.1, -0.05) is 17.3 Å². The number of hydrogen-bond donors (Lipinski definition) is 1. The summed E-state index contributed by atoms with van der Waals surface area (Å²) in [5.41, 5.74) is 1.68. The minimum Gasteiger partial charge on any atom is -0.461 e. The van der Waals surface area contributed by atoms with E-state index in [1.165, 1.54) is 35.8 Å². The molecule has 8 nitrogen and oxygen atoms in total. The molecule has 0 aliphatic heterocycles. The quantitative estimate of drug-likeness (QED) is 0.446. The predicted molar refractivity (Wildman–Crippen MR) is 107 cm³/mol. The van der Waals surface area contributed by atoms with Crippen LogP contribution in [0.15, 0.2) is 63.0 Å². The monoisotopic (exact) mass is 423 g/mol. The van der Waals surface area contributed by atoms with Gasteiger partial charge in [-0.2, -0.15) is 4.98 Å². The zero-order valence-electron chi connectivity index (χ0n) is 15.4. The lowest BCUT2D eigenvalue weighted by Crippen LogP contribution is -2.26. The van der Waals surface area contributed by atoms with Crippen molar-refractivity contribution >= 4 is 22.2 Å². The van der Waals surface area contributed by atoms with Gasteiger partial charge in [-0.05, 0) is 24.3 Å². The molecule has 4 aromatic heterocycles. The molecule has 0 aliphatic carbocycles. The summed E-state index contributed by atoms with van der Waals surface area (Å²) in [6, 6.07) is 11.1. The summed E-state index contributed by atoms with van der Waals surface area (Å²) in [5.74, 6) is 0.665. The van der Waals surface area contributed by atoms with E-state index in [1.54, 1.807) is 28.8 Å². The van der Waals surface area contributed by atoms with Gasteiger partial charge in [-0.25, -0.2) is 8.91 Å². The zero-order chi connectivity index (χ0) is 20.5. The Kier molecular flexibility index (Phi) is 4.60. The molecule has 0 saturated carbocycles. The highest BCUT2D eigenvalue weighted by atomic mass is 32.1. The Balaban J connectivity index is 1.25. The van der Waals surface area contributed by atoms with E-state index in [0.29, 0.717) is 40.8 Å². The fraction of sp³-hybridized carbons (Fsp3) is 0.100. The molecule has 1 N–H and O–H groups in total. The highest BCUT2D eigenvalue weighted by Gasteiger charge is 2.16. The van der Waals surface area contributed by atoms with Gasteiger partial charge in [0.05, 0.1) is 12.0 Å². The molecule has 150 valence electrons. The minimum absolute atomic E-state index is 0.172. The Hall–Kier alpha value is -3.79. The van der Waals surface area contributed by atoms with Crippen LogP contribution in [-0.4, -0.2) is 32.2 Å². The largest absolute Gasteiger partial charge is 0.461 e. The van der Waals surface area contributed by atoms with E-state index in [-0.39, 0.29) is 17.4 Å². The predicted octanol–water partition coefficient (Wildman–Crippen LogP) is 3.82. The number of nitrogens with zero attached hydrogens (tertiary/aromatic N) is 4. The van der Waals surface area contributed by atoms with E-state index in [4.69, 9.17) is 8.94 Å². The van der Waals surface area contributed by atoms with Crippen LogP contribution in [-0.2, 0) is 6.42 Å². The van der Waals surface area contributed by atoms with E-state index >= 15 is 0 Å². The highest BCUT2D eigenvalue weighted by Crippen LogP contribution is 2.22. The van der Waals surface area contributed by atoms with Crippen LogP contribution in [0.5, 0.6) is 0 Å². The van der Waals surface area contributed by atoms with E-state index < -0.39 is 0 Å². The zero-order valence-corrected chi connectivity index (χ0v) is 16.2. The van der Waals surface area contributed by atoms with Crippen molar-refractivity contribution in [3.63, 3.8) is 0 Å². The summed E-state index contributed by atoms with van der Waals surface area (Å²) in [6.45, 7) is 0.378. The van der Waals surface area contributed by atoms with Gasteiger partial charge in [0.25, 0.3) is 5.91 Å². The Labute approximate surface area is 173 Å². The van der Waals surface area contributed by atoms with Gasteiger partial charge in [0.2, 0.25) is 10.7 Å². The summed E-state index contributed by atoms with van der Waals surface area (Å²) >= 11 is 1.44. The van der Waals surface area contributed by atoms with Crippen LogP contribution in [0.4, 0.5) is 4.39 Å². The first kappa shape index (κ1) is 18.3. The molecule has 4 heterocycles. The third-order valence-electron chi connectivity index (χ3n) is 4.41. The molecule has 5 aromatic rings. The number of thiazole rings is 1. The molecule has 5 rings (SSSR count). The standard InChI is InChI=1S/C20H14FN5O3S/c21-13-4-1-3-12(9-13)18-23-20-26(24-18)14(11-30-20)6-7-22-19(27)15-10-17(29-25-15)16-5-2-8-28-16/h1-5,8-11H,6-7H2,(H,22,27). The third-order valence-corrected chi connectivity index (χ3v) is 5.27. The first-order chi connectivity index (χ1) is 14.7. The van der Waals surface area contributed by atoms with Gasteiger partial charge < -0.3 is 14.3 Å². The number of halogens is 1. The SMILES string of the molecule is O=C(NCCc1csc2nc(-c3cccc(F)c3)nn12)c1cc(-c2ccco2)on1. The summed E-state index contributed by atoms with van der Waals surface area (Å²) in [4.78, 5) is 17.5. The average Bonchev–Trinajstić information content (AvgIpc) is 3.51. The number of fused-ring (bicyclic) bond motifs is 1. The first-order valence-electron chi connectivity index (χ1n) is 9.05. The number of rotatable bonds is 6. The van der Waals surface area contributed by atoms with E-state index in [2.05, 4.69) is 20.6 Å². The summed E-state index contributed by atoms with van der Waals surface area (Å²) in [7, 11) is 0. The Morgan fingerprint density at radius 1 is 1.20 bits per heavy atom. The number of amides is 1. The Morgan fingerprint density at radius 3 is 2.97 bits per heavy atom. The van der Waals surface area contributed by atoms with Crippen molar-refractivity contribution in [1.82, 2.24) is 25.1 Å². The molecule has 0 spiro atoms. The van der Waals surface area contributed by atoms with Crippen LogP contribution in [0.25, 0.3) is 27.9 Å². The van der Waals surface area contributed by atoms with Gasteiger partial charge in [-0.3, -0.25) is 4.79 Å². The fourth-order valence-electron chi connectivity index (χ4n) is 2.96. The summed E-state index contributed by atoms with van der Waals surface area (Å²) < 4.78 is 25.5. The summed E-state index contributed by atoms with van der Waals surface area (Å²) in [6.07, 6.45) is 2.06. The smallest absolute Gasteiger partial charge is 0.273 e. The van der Waals surface area contributed by atoms with Crippen molar-refractivity contribution in [1.29, 1.82) is 0 Å². The molecule has 0 saturated heterocycles. The number of carbonyl (C=O) groups is 1. The van der Waals surface area contributed by atoms with Crippen molar-refractivity contribution in [2.24, 2.45) is 0 Å². The van der Waals surface area contributed by atoms with Crippen LogP contribution >= 0.6 is 11.3 Å². The second kappa shape index (κ2) is 7.56. The van der Waals surface area contributed by atoms with Crippen LogP contribution in [0.1, 0.15) is 16.2 Å². The lowest BCUT2D eigenvalue weighted by molar-refractivity contribution is 0.0945. The van der Waals surface area contributed by atoms with E-state index in [9.17, 15) is 9.18 Å². The second-order valence-corrected chi connectivity index (χ2v) is 7.26. The lowest BCUT2D eigenvalue weighted by atomic mass is 10.2. The van der Waals surface area contributed by atoms with Crippen molar-refractivity contribution in [3.8, 4) is 22.9 Å². The average molecular weight is 423 g/mol. The first-order valence-corrected chi connectivity index (χ1v) is 9.93. The topological polar surface area (TPSA) is 98.5 Å². The highest BCUT2D eigenvalue weighted by molar-refractivity contribution is 7.15. The Bertz CT molecular complexity index is 1320. The molecular formula is C20H14FN5O3S. The second-order valence-electron chi connectivity index (χ2n) is 6.43. The number of aromatic nitrogens is 4. The molecule has 0 aliphatic rings. The van der Waals surface area contributed by atoms with Crippen LogP contribution in [0, 0.1) is 5.82 Å². The van der Waals surface area contributed by atoms with Crippen LogP contribution < -0.4 is 5.32 Å². The third kappa shape index (κ3) is 3.48. The van der Waals surface area contributed by atoms with Crippen molar-refractivity contribution in [2.75, 3.05) is 6.54 Å². The molecule has 0 atom stereocenters. The molecule has 1 amide bonds. The van der Waals surface area contributed by atoms with Crippen LogP contribution in [0.2, 0.25) is 0 Å². The molecule has 10 heteroatoms. The van der Waals surface area contributed by atoms with E-state index in [0.717, 1.165) is 5.69 Å². The normalized spacial score (nSPS) is 11.2. The molecule has 0 fully saturated rings. The van der Waals surface area contributed by atoms with Crippen molar-refractivity contribution in [2.45, 2.75) is 6.42 Å². The van der Waals surface area contributed by atoms with Gasteiger partial charge in [0.15, 0.2) is 17.3 Å². The van der Waals surface area contributed by atoms with Gasteiger partial charge in [-0.15, -0.1) is 16.4 Å². The maximum atomic E-state index is 13.5. The number of nitrogens with one attached hydrogen (secondary N) is 1. The maximum absolute atomic E-state index is 13.5. The number of benzene rings is 1. The molecule has 0 bridgehead atoms. The maximum Gasteiger partial charge on any atom is 0.273 e. The number of carbonyl (C=O) groups excluding carboxylic acids is 1. The molecule has 0 radical (unpaired) electrons. The Morgan fingerprint density at radius 2 is 2.13 bits per heavy atom. The lowest BCUT2D eigenvalue weighted by Gasteiger charge is -2.01. The van der Waals surface area contributed by atoms with Gasteiger partial charge in [0, 0.05) is 30.0 Å². The molecular weight excluding hydrogens is 409 g/mol. The van der Waals surface area contributed by atoms with Crippen LogP contribution in [0.3, 0.4) is 0 Å². The van der Waals surface area contributed by atoms with Crippen molar-refractivity contribution < 1.29 is 18.1 Å². The number of furan rings is 1. The van der Waals surface area contributed by atoms with Gasteiger partial charge in [0.1, 0.15) is 5.82 Å². The number of hydrogen-bond acceptors (Lipinski definition) is 7. The van der Waals surface area contributed by atoms with Crippen molar-refractivity contribution in [3.05, 3.63) is 71.3 Å². The molecule has 30 heavy (non-hydrogen) atoms. The van der Waals surface area contributed by atoms with Gasteiger partial charge >= 0.3 is 0 Å². The fourth-order valence-corrected chi connectivity index (χ4v) is 3.81. The molecule has 1 aromatic carbocycles. The van der Waals surface area contributed by atoms with E-state index in [1.807, 2.05) is 5.38 Å².